The van der Waals surface area contributed by atoms with Crippen molar-refractivity contribution in [2.45, 2.75) is 33.2 Å². The molecule has 1 aliphatic carbocycles. The van der Waals surface area contributed by atoms with Crippen LogP contribution >= 0.6 is 0 Å². The summed E-state index contributed by atoms with van der Waals surface area (Å²) in [6.45, 7) is 4.69. The molecule has 19 heavy (non-hydrogen) atoms. The van der Waals surface area contributed by atoms with Gasteiger partial charge in [0.05, 0.1) is 6.07 Å². The van der Waals surface area contributed by atoms with Crippen LogP contribution in [0.1, 0.15) is 30.9 Å². The molecule has 0 atom stereocenters. The maximum absolute atomic E-state index is 12.4. The van der Waals surface area contributed by atoms with Gasteiger partial charge < -0.3 is 4.90 Å². The quantitative estimate of drug-likeness (QED) is 0.834. The van der Waals surface area contributed by atoms with Crippen molar-refractivity contribution in [3.8, 4) is 6.07 Å². The van der Waals surface area contributed by atoms with Crippen molar-refractivity contribution < 1.29 is 4.79 Å². The lowest BCUT2D eigenvalue weighted by atomic mass is 9.63. The van der Waals surface area contributed by atoms with E-state index in [1.807, 2.05) is 25.1 Å². The number of nitrogens with zero attached hydrogens (tertiary/aromatic N) is 2. The Morgan fingerprint density at radius 3 is 2.74 bits per heavy atom. The topological polar surface area (TPSA) is 44.1 Å². The van der Waals surface area contributed by atoms with Gasteiger partial charge in [0, 0.05) is 13.6 Å². The SMILES string of the molecule is Cc1cccc(CN(C)C(=O)C2(C#N)CC(C)C2)c1. The van der Waals surface area contributed by atoms with Crippen molar-refractivity contribution in [3.05, 3.63) is 35.4 Å². The minimum atomic E-state index is -0.766. The molecular formula is C16H20N2O. The van der Waals surface area contributed by atoms with Crippen LogP contribution < -0.4 is 0 Å². The normalized spacial score (nSPS) is 25.3. The standard InChI is InChI=1S/C16H20N2O/c1-12-5-4-6-14(7-12)10-18(3)15(19)16(11-17)8-13(2)9-16/h4-7,13H,8-10H2,1-3H3. The lowest BCUT2D eigenvalue weighted by Gasteiger charge is -2.41. The van der Waals surface area contributed by atoms with E-state index in [0.29, 0.717) is 25.3 Å². The van der Waals surface area contributed by atoms with Crippen LogP contribution in [0.15, 0.2) is 24.3 Å². The van der Waals surface area contributed by atoms with Crippen molar-refractivity contribution in [2.24, 2.45) is 11.3 Å². The first-order chi connectivity index (χ1) is 8.97. The summed E-state index contributed by atoms with van der Waals surface area (Å²) in [6.07, 6.45) is 1.39. The maximum atomic E-state index is 12.4. The van der Waals surface area contributed by atoms with Gasteiger partial charge in [-0.05, 0) is 31.2 Å². The van der Waals surface area contributed by atoms with Gasteiger partial charge in [0.25, 0.3) is 0 Å². The van der Waals surface area contributed by atoms with E-state index in [0.717, 1.165) is 5.56 Å². The number of aryl methyl sites for hydroxylation is 1. The van der Waals surface area contributed by atoms with Crippen molar-refractivity contribution >= 4 is 5.91 Å². The van der Waals surface area contributed by atoms with E-state index in [2.05, 4.69) is 19.1 Å². The molecule has 0 radical (unpaired) electrons. The van der Waals surface area contributed by atoms with E-state index in [9.17, 15) is 10.1 Å². The van der Waals surface area contributed by atoms with Crippen LogP contribution in [0.25, 0.3) is 0 Å². The van der Waals surface area contributed by atoms with Gasteiger partial charge in [-0.2, -0.15) is 5.26 Å². The average Bonchev–Trinajstić information content (AvgIpc) is 2.34. The zero-order chi connectivity index (χ0) is 14.0. The molecule has 3 heteroatoms. The Hall–Kier alpha value is -1.82. The molecule has 1 aromatic rings. The summed E-state index contributed by atoms with van der Waals surface area (Å²) < 4.78 is 0. The summed E-state index contributed by atoms with van der Waals surface area (Å²) in [6, 6.07) is 10.4. The van der Waals surface area contributed by atoms with Crippen molar-refractivity contribution in [3.63, 3.8) is 0 Å². The van der Waals surface area contributed by atoms with Crippen LogP contribution in [0, 0.1) is 29.6 Å². The van der Waals surface area contributed by atoms with Crippen LogP contribution in [0.2, 0.25) is 0 Å². The molecule has 0 bridgehead atoms. The fourth-order valence-corrected chi connectivity index (χ4v) is 2.97. The van der Waals surface area contributed by atoms with Gasteiger partial charge in [-0.25, -0.2) is 0 Å². The van der Waals surface area contributed by atoms with Crippen molar-refractivity contribution in [1.82, 2.24) is 4.90 Å². The molecule has 0 spiro atoms. The van der Waals surface area contributed by atoms with E-state index < -0.39 is 5.41 Å². The number of amides is 1. The zero-order valence-electron chi connectivity index (χ0n) is 11.8. The molecule has 1 saturated carbocycles. The third kappa shape index (κ3) is 2.63. The van der Waals surface area contributed by atoms with Gasteiger partial charge in [0.1, 0.15) is 5.41 Å². The molecule has 3 nitrogen and oxygen atoms in total. The predicted octanol–water partition coefficient (Wildman–Crippen LogP) is 2.89. The number of hydrogen-bond donors (Lipinski definition) is 0. The molecule has 1 amide bonds. The summed E-state index contributed by atoms with van der Waals surface area (Å²) in [5.74, 6) is 0.450. The molecule has 0 N–H and O–H groups in total. The fraction of sp³-hybridized carbons (Fsp3) is 0.500. The maximum Gasteiger partial charge on any atom is 0.243 e. The first kappa shape index (κ1) is 13.6. The number of rotatable bonds is 3. The molecule has 1 aromatic carbocycles. The van der Waals surface area contributed by atoms with Gasteiger partial charge in [0.15, 0.2) is 0 Å². The summed E-state index contributed by atoms with van der Waals surface area (Å²) in [5.41, 5.74) is 1.53. The van der Waals surface area contributed by atoms with Gasteiger partial charge in [-0.15, -0.1) is 0 Å². The van der Waals surface area contributed by atoms with Gasteiger partial charge in [-0.1, -0.05) is 36.8 Å². The van der Waals surface area contributed by atoms with E-state index in [1.54, 1.807) is 11.9 Å². The van der Waals surface area contributed by atoms with Crippen molar-refractivity contribution in [1.29, 1.82) is 5.26 Å². The molecule has 0 aliphatic heterocycles. The Labute approximate surface area is 114 Å². The van der Waals surface area contributed by atoms with Gasteiger partial charge in [0.2, 0.25) is 5.91 Å². The van der Waals surface area contributed by atoms with Crippen LogP contribution in [0.3, 0.4) is 0 Å². The fourth-order valence-electron chi connectivity index (χ4n) is 2.97. The number of hydrogen-bond acceptors (Lipinski definition) is 2. The Morgan fingerprint density at radius 1 is 1.53 bits per heavy atom. The molecule has 0 saturated heterocycles. The smallest absolute Gasteiger partial charge is 0.243 e. The van der Waals surface area contributed by atoms with Crippen LogP contribution in [0.4, 0.5) is 0 Å². The predicted molar refractivity (Wildman–Crippen MR) is 74.1 cm³/mol. The zero-order valence-corrected chi connectivity index (χ0v) is 11.8. The average molecular weight is 256 g/mol. The first-order valence-corrected chi connectivity index (χ1v) is 6.69. The highest BCUT2D eigenvalue weighted by Gasteiger charge is 2.50. The lowest BCUT2D eigenvalue weighted by molar-refractivity contribution is -0.144. The second-order valence-electron chi connectivity index (χ2n) is 5.86. The molecule has 0 aromatic heterocycles. The molecule has 100 valence electrons. The minimum absolute atomic E-state index is 0.0328. The molecule has 0 unspecified atom stereocenters. The third-order valence-corrected chi connectivity index (χ3v) is 3.87. The van der Waals surface area contributed by atoms with E-state index >= 15 is 0 Å². The Morgan fingerprint density at radius 2 is 2.21 bits per heavy atom. The lowest BCUT2D eigenvalue weighted by Crippen LogP contribution is -2.48. The number of nitriles is 1. The first-order valence-electron chi connectivity index (χ1n) is 6.69. The monoisotopic (exact) mass is 256 g/mol. The van der Waals surface area contributed by atoms with E-state index in [-0.39, 0.29) is 5.91 Å². The number of carbonyl (C=O) groups excluding carboxylic acids is 1. The summed E-state index contributed by atoms with van der Waals surface area (Å²) >= 11 is 0. The van der Waals surface area contributed by atoms with Gasteiger partial charge >= 0.3 is 0 Å². The molecule has 1 fully saturated rings. The highest BCUT2D eigenvalue weighted by Crippen LogP contribution is 2.46. The highest BCUT2D eigenvalue weighted by atomic mass is 16.2. The minimum Gasteiger partial charge on any atom is -0.340 e. The molecule has 0 heterocycles. The third-order valence-electron chi connectivity index (χ3n) is 3.87. The molecule has 2 rings (SSSR count). The second-order valence-corrected chi connectivity index (χ2v) is 5.86. The van der Waals surface area contributed by atoms with Crippen LogP contribution in [0.5, 0.6) is 0 Å². The summed E-state index contributed by atoms with van der Waals surface area (Å²) in [7, 11) is 1.78. The van der Waals surface area contributed by atoms with Crippen molar-refractivity contribution in [2.75, 3.05) is 7.05 Å². The Kier molecular flexibility index (Phi) is 3.61. The summed E-state index contributed by atoms with van der Waals surface area (Å²) in [5, 5.41) is 9.29. The Bertz CT molecular complexity index is 524. The largest absolute Gasteiger partial charge is 0.340 e. The Balaban J connectivity index is 2.06. The molecule has 1 aliphatic rings. The van der Waals surface area contributed by atoms with Gasteiger partial charge in [-0.3, -0.25) is 4.79 Å². The second kappa shape index (κ2) is 5.05. The summed E-state index contributed by atoms with van der Waals surface area (Å²) in [4.78, 5) is 14.1. The van der Waals surface area contributed by atoms with E-state index in [1.165, 1.54) is 5.56 Å². The molecular weight excluding hydrogens is 236 g/mol. The highest BCUT2D eigenvalue weighted by molar-refractivity contribution is 5.86. The van der Waals surface area contributed by atoms with Crippen LogP contribution in [-0.2, 0) is 11.3 Å². The van der Waals surface area contributed by atoms with E-state index in [4.69, 9.17) is 0 Å². The number of carbonyl (C=O) groups is 1. The van der Waals surface area contributed by atoms with Crippen LogP contribution in [-0.4, -0.2) is 17.9 Å². The number of benzene rings is 1.